The fourth-order valence-electron chi connectivity index (χ4n) is 5.88. The van der Waals surface area contributed by atoms with Gasteiger partial charge in [0.05, 0.1) is 18.6 Å². The van der Waals surface area contributed by atoms with Crippen LogP contribution in [0.25, 0.3) is 11.6 Å². The predicted octanol–water partition coefficient (Wildman–Crippen LogP) is 7.43. The van der Waals surface area contributed by atoms with E-state index in [0.29, 0.717) is 41.0 Å². The van der Waals surface area contributed by atoms with E-state index in [2.05, 4.69) is 34.9 Å². The Morgan fingerprint density at radius 2 is 1.90 bits per heavy atom. The Balaban J connectivity index is 1.12. The first-order valence-corrected chi connectivity index (χ1v) is 13.7. The number of hydrogen-bond donors (Lipinski definition) is 2. The second kappa shape index (κ2) is 10.5. The van der Waals surface area contributed by atoms with E-state index in [0.717, 1.165) is 42.5 Å². The Hall–Kier alpha value is -4.00. The van der Waals surface area contributed by atoms with Crippen molar-refractivity contribution in [2.75, 3.05) is 12.4 Å². The SMILES string of the molecule is COC1=CCC(C(=O)Nc2ccc3c(c2)CC(NC2CC2C2=CC=CCC2)=C3)C(c2ccc(C(F)(F)F)cc2)=C1. The molecule has 3 atom stereocenters. The minimum atomic E-state index is -4.42. The molecule has 0 radical (unpaired) electrons. The Bertz CT molecular complexity index is 1480. The summed E-state index contributed by atoms with van der Waals surface area (Å²) in [4.78, 5) is 13.4. The van der Waals surface area contributed by atoms with Crippen LogP contribution in [0.1, 0.15) is 47.9 Å². The van der Waals surface area contributed by atoms with Crippen molar-refractivity contribution >= 4 is 23.2 Å². The molecule has 2 aromatic rings. The topological polar surface area (TPSA) is 50.4 Å². The Labute approximate surface area is 232 Å². The van der Waals surface area contributed by atoms with Crippen molar-refractivity contribution in [2.45, 2.75) is 44.3 Å². The quantitative estimate of drug-likeness (QED) is 0.381. The third kappa shape index (κ3) is 5.51. The molecular weight excluding hydrogens is 513 g/mol. The van der Waals surface area contributed by atoms with Crippen LogP contribution < -0.4 is 10.6 Å². The minimum Gasteiger partial charge on any atom is -0.497 e. The number of fused-ring (bicyclic) bond motifs is 1. The summed E-state index contributed by atoms with van der Waals surface area (Å²) in [6.07, 6.45) is 12.6. The van der Waals surface area contributed by atoms with Gasteiger partial charge in [-0.3, -0.25) is 4.79 Å². The van der Waals surface area contributed by atoms with E-state index in [1.165, 1.54) is 31.4 Å². The highest BCUT2D eigenvalue weighted by Crippen LogP contribution is 2.42. The number of anilines is 1. The van der Waals surface area contributed by atoms with Crippen molar-refractivity contribution in [3.05, 3.63) is 112 Å². The van der Waals surface area contributed by atoms with E-state index in [9.17, 15) is 18.0 Å². The Kier molecular flexibility index (Phi) is 6.90. The van der Waals surface area contributed by atoms with Crippen LogP contribution in [0.2, 0.25) is 0 Å². The highest BCUT2D eigenvalue weighted by molar-refractivity contribution is 6.01. The molecule has 2 aromatic carbocycles. The van der Waals surface area contributed by atoms with E-state index >= 15 is 0 Å². The molecule has 206 valence electrons. The second-order valence-electron chi connectivity index (χ2n) is 10.8. The summed E-state index contributed by atoms with van der Waals surface area (Å²) in [6.45, 7) is 0. The number of halogens is 3. The maximum Gasteiger partial charge on any atom is 0.416 e. The van der Waals surface area contributed by atoms with Gasteiger partial charge in [0.1, 0.15) is 5.76 Å². The molecule has 0 saturated heterocycles. The van der Waals surface area contributed by atoms with Gasteiger partial charge in [0.2, 0.25) is 5.91 Å². The molecule has 0 bridgehead atoms. The molecule has 0 aromatic heterocycles. The first kappa shape index (κ1) is 26.2. The van der Waals surface area contributed by atoms with Gasteiger partial charge in [-0.25, -0.2) is 0 Å². The van der Waals surface area contributed by atoms with Gasteiger partial charge in [-0.2, -0.15) is 13.2 Å². The highest BCUT2D eigenvalue weighted by Gasteiger charge is 2.40. The summed E-state index contributed by atoms with van der Waals surface area (Å²) in [6, 6.07) is 11.3. The lowest BCUT2D eigenvalue weighted by molar-refractivity contribution is -0.137. The molecule has 0 spiro atoms. The maximum atomic E-state index is 13.4. The van der Waals surface area contributed by atoms with Gasteiger partial charge in [-0.1, -0.05) is 42.0 Å². The van der Waals surface area contributed by atoms with E-state index in [1.807, 2.05) is 24.3 Å². The zero-order chi connectivity index (χ0) is 27.9. The molecule has 2 N–H and O–H groups in total. The molecule has 40 heavy (non-hydrogen) atoms. The molecule has 1 saturated carbocycles. The monoisotopic (exact) mass is 544 g/mol. The number of allylic oxidation sites excluding steroid dienone is 6. The van der Waals surface area contributed by atoms with Gasteiger partial charge in [0.25, 0.3) is 0 Å². The minimum absolute atomic E-state index is 0.211. The summed E-state index contributed by atoms with van der Waals surface area (Å²) < 4.78 is 44.6. The van der Waals surface area contributed by atoms with Crippen LogP contribution in [0, 0.1) is 11.8 Å². The predicted molar refractivity (Wildman–Crippen MR) is 151 cm³/mol. The Morgan fingerprint density at radius 3 is 2.62 bits per heavy atom. The van der Waals surface area contributed by atoms with Crippen LogP contribution in [0.5, 0.6) is 0 Å². The molecule has 3 unspecified atom stereocenters. The third-order valence-electron chi connectivity index (χ3n) is 8.13. The number of nitrogens with one attached hydrogen (secondary N) is 2. The van der Waals surface area contributed by atoms with Gasteiger partial charge < -0.3 is 15.4 Å². The summed E-state index contributed by atoms with van der Waals surface area (Å²) >= 11 is 0. The van der Waals surface area contributed by atoms with Crippen molar-refractivity contribution in [3.8, 4) is 0 Å². The van der Waals surface area contributed by atoms with Crippen molar-refractivity contribution in [3.63, 3.8) is 0 Å². The number of rotatable bonds is 7. The van der Waals surface area contributed by atoms with Crippen molar-refractivity contribution in [1.29, 1.82) is 0 Å². The zero-order valence-corrected chi connectivity index (χ0v) is 22.2. The lowest BCUT2D eigenvalue weighted by atomic mass is 9.85. The molecule has 1 amide bonds. The van der Waals surface area contributed by atoms with E-state index in [4.69, 9.17) is 4.74 Å². The van der Waals surface area contributed by atoms with Crippen LogP contribution in [-0.2, 0) is 22.1 Å². The van der Waals surface area contributed by atoms with E-state index in [-0.39, 0.29) is 5.91 Å². The van der Waals surface area contributed by atoms with E-state index < -0.39 is 17.7 Å². The number of amides is 1. The molecule has 4 aliphatic carbocycles. The van der Waals surface area contributed by atoms with Gasteiger partial charge >= 0.3 is 6.18 Å². The largest absolute Gasteiger partial charge is 0.497 e. The van der Waals surface area contributed by atoms with Gasteiger partial charge in [-0.05, 0) is 90.4 Å². The van der Waals surface area contributed by atoms with Gasteiger partial charge in [0, 0.05) is 29.8 Å². The molecular formula is C33H31F3N2O2. The van der Waals surface area contributed by atoms with Crippen molar-refractivity contribution in [1.82, 2.24) is 5.32 Å². The molecule has 0 heterocycles. The van der Waals surface area contributed by atoms with Crippen molar-refractivity contribution < 1.29 is 22.7 Å². The van der Waals surface area contributed by atoms with Crippen LogP contribution in [0.15, 0.2) is 89.9 Å². The standard InChI is InChI=1S/C33H31F3N2O2/c1-40-27-13-14-28(29(18-27)21-7-10-24(11-8-21)33(34,35)36)32(39)38-25-12-9-22-15-26(17-23(22)16-25)37-31-19-30(31)20-5-3-2-4-6-20/h2-3,5,7-13,15-16,18,28,30-31,37H,4,6,14,17,19H2,1H3,(H,38,39). The first-order chi connectivity index (χ1) is 19.3. The zero-order valence-electron chi connectivity index (χ0n) is 22.2. The molecule has 1 fully saturated rings. The van der Waals surface area contributed by atoms with Crippen LogP contribution in [0.3, 0.4) is 0 Å². The van der Waals surface area contributed by atoms with Gasteiger partial charge in [-0.15, -0.1) is 0 Å². The third-order valence-corrected chi connectivity index (χ3v) is 8.13. The van der Waals surface area contributed by atoms with Crippen LogP contribution in [-0.4, -0.2) is 19.1 Å². The smallest absolute Gasteiger partial charge is 0.416 e. The summed E-state index contributed by atoms with van der Waals surface area (Å²) in [5.41, 5.74) is 6.21. The average molecular weight is 545 g/mol. The van der Waals surface area contributed by atoms with Crippen LogP contribution in [0.4, 0.5) is 18.9 Å². The fraction of sp³-hybridized carbons (Fsp3) is 0.303. The lowest BCUT2D eigenvalue weighted by Crippen LogP contribution is -2.25. The normalized spacial score (nSPS) is 23.4. The number of carbonyl (C=O) groups is 1. The number of methoxy groups -OCH3 is 1. The van der Waals surface area contributed by atoms with Gasteiger partial charge in [0.15, 0.2) is 0 Å². The molecule has 6 rings (SSSR count). The molecule has 4 nitrogen and oxygen atoms in total. The summed E-state index contributed by atoms with van der Waals surface area (Å²) in [7, 11) is 1.53. The second-order valence-corrected chi connectivity index (χ2v) is 10.8. The van der Waals surface area contributed by atoms with E-state index in [1.54, 1.807) is 11.6 Å². The number of carbonyl (C=O) groups excluding carboxylic acids is 1. The number of benzene rings is 2. The van der Waals surface area contributed by atoms with Crippen LogP contribution >= 0.6 is 0 Å². The maximum absolute atomic E-state index is 13.4. The number of alkyl halides is 3. The summed E-state index contributed by atoms with van der Waals surface area (Å²) in [5.74, 6) is 0.434. The highest BCUT2D eigenvalue weighted by atomic mass is 19.4. The first-order valence-electron chi connectivity index (χ1n) is 13.7. The molecule has 7 heteroatoms. The summed E-state index contributed by atoms with van der Waals surface area (Å²) in [5, 5.41) is 6.76. The number of ether oxygens (including phenoxy) is 1. The fourth-order valence-corrected chi connectivity index (χ4v) is 5.88. The molecule has 0 aliphatic heterocycles. The molecule has 4 aliphatic rings. The number of hydrogen-bond acceptors (Lipinski definition) is 3. The van der Waals surface area contributed by atoms with Crippen molar-refractivity contribution in [2.24, 2.45) is 11.8 Å². The average Bonchev–Trinajstić information content (AvgIpc) is 3.61. The lowest BCUT2D eigenvalue weighted by Gasteiger charge is -2.24. The Morgan fingerprint density at radius 1 is 1.07 bits per heavy atom.